The molecule has 1 unspecified atom stereocenters. The molecule has 2 aliphatic carbocycles. The van der Waals surface area contributed by atoms with Crippen molar-refractivity contribution in [2.45, 2.75) is 65.2 Å². The van der Waals surface area contributed by atoms with Crippen LogP contribution in [0.1, 0.15) is 65.5 Å². The van der Waals surface area contributed by atoms with Gasteiger partial charge >= 0.3 is 0 Å². The lowest BCUT2D eigenvalue weighted by molar-refractivity contribution is 0.314. The van der Waals surface area contributed by atoms with Crippen LogP contribution in [0.15, 0.2) is 29.3 Å². The highest BCUT2D eigenvalue weighted by Gasteiger charge is 2.55. The van der Waals surface area contributed by atoms with Crippen LogP contribution in [0, 0.1) is 5.41 Å². The zero-order valence-corrected chi connectivity index (χ0v) is 13.6. The van der Waals surface area contributed by atoms with Crippen LogP contribution in [-0.2, 0) is 10.8 Å². The second kappa shape index (κ2) is 3.69. The second-order valence-electron chi connectivity index (χ2n) is 8.18. The average Bonchev–Trinajstić information content (AvgIpc) is 2.64. The van der Waals surface area contributed by atoms with Crippen LogP contribution in [0.2, 0.25) is 0 Å². The maximum atomic E-state index is 9.98. The SMILES string of the molecule is CC1=C(C)C2(CC1(C)C)CC(C)(C)c1ccc(O)cc12. The van der Waals surface area contributed by atoms with Crippen molar-refractivity contribution in [1.29, 1.82) is 0 Å². The molecule has 1 aromatic rings. The highest BCUT2D eigenvalue weighted by Crippen LogP contribution is 2.63. The topological polar surface area (TPSA) is 20.2 Å². The Labute approximate surface area is 122 Å². The third-order valence-electron chi connectivity index (χ3n) is 6.03. The molecule has 1 spiro atoms. The Bertz CT molecular complexity index is 619. The fourth-order valence-corrected chi connectivity index (χ4v) is 4.84. The van der Waals surface area contributed by atoms with Gasteiger partial charge in [-0.3, -0.25) is 0 Å². The molecule has 0 aliphatic heterocycles. The molecule has 3 rings (SSSR count). The number of aromatic hydroxyl groups is 1. The predicted octanol–water partition coefficient (Wildman–Crippen LogP) is 5.08. The first-order valence-corrected chi connectivity index (χ1v) is 7.63. The molecule has 108 valence electrons. The van der Waals surface area contributed by atoms with Crippen molar-refractivity contribution in [2.24, 2.45) is 5.41 Å². The maximum Gasteiger partial charge on any atom is 0.115 e. The summed E-state index contributed by atoms with van der Waals surface area (Å²) >= 11 is 0. The van der Waals surface area contributed by atoms with E-state index in [0.29, 0.717) is 5.75 Å². The van der Waals surface area contributed by atoms with Crippen molar-refractivity contribution in [3.63, 3.8) is 0 Å². The molecule has 1 aromatic carbocycles. The monoisotopic (exact) mass is 270 g/mol. The molecular weight excluding hydrogens is 244 g/mol. The lowest BCUT2D eigenvalue weighted by Crippen LogP contribution is -2.26. The lowest BCUT2D eigenvalue weighted by atomic mass is 9.71. The van der Waals surface area contributed by atoms with E-state index in [0.717, 1.165) is 12.8 Å². The molecule has 0 amide bonds. The molecule has 0 bridgehead atoms. The van der Waals surface area contributed by atoms with Gasteiger partial charge in [0.2, 0.25) is 0 Å². The molecule has 0 heterocycles. The highest BCUT2D eigenvalue weighted by atomic mass is 16.3. The Morgan fingerprint density at radius 2 is 1.45 bits per heavy atom. The van der Waals surface area contributed by atoms with Gasteiger partial charge in [0.15, 0.2) is 0 Å². The Kier molecular flexibility index (Phi) is 2.53. The molecule has 0 radical (unpaired) electrons. The van der Waals surface area contributed by atoms with Gasteiger partial charge < -0.3 is 5.11 Å². The molecule has 0 fully saturated rings. The van der Waals surface area contributed by atoms with E-state index in [1.165, 1.54) is 22.3 Å². The van der Waals surface area contributed by atoms with Crippen molar-refractivity contribution in [3.8, 4) is 5.75 Å². The zero-order chi connectivity index (χ0) is 14.9. The molecule has 0 saturated heterocycles. The molecule has 0 saturated carbocycles. The van der Waals surface area contributed by atoms with Crippen LogP contribution < -0.4 is 0 Å². The van der Waals surface area contributed by atoms with E-state index in [1.807, 2.05) is 12.1 Å². The quantitative estimate of drug-likeness (QED) is 0.652. The van der Waals surface area contributed by atoms with Gasteiger partial charge in [0, 0.05) is 5.41 Å². The third-order valence-corrected chi connectivity index (χ3v) is 6.03. The number of phenols is 1. The molecule has 1 nitrogen and oxygen atoms in total. The smallest absolute Gasteiger partial charge is 0.115 e. The van der Waals surface area contributed by atoms with Crippen molar-refractivity contribution in [1.82, 2.24) is 0 Å². The van der Waals surface area contributed by atoms with Crippen molar-refractivity contribution < 1.29 is 5.11 Å². The van der Waals surface area contributed by atoms with E-state index in [-0.39, 0.29) is 16.2 Å². The predicted molar refractivity (Wildman–Crippen MR) is 84.2 cm³/mol. The average molecular weight is 270 g/mol. The van der Waals surface area contributed by atoms with Crippen LogP contribution in [0.4, 0.5) is 0 Å². The molecular formula is C19H26O. The van der Waals surface area contributed by atoms with E-state index in [1.54, 1.807) is 0 Å². The largest absolute Gasteiger partial charge is 0.508 e. The summed E-state index contributed by atoms with van der Waals surface area (Å²) in [5.74, 6) is 0.399. The summed E-state index contributed by atoms with van der Waals surface area (Å²) in [5, 5.41) is 9.98. The maximum absolute atomic E-state index is 9.98. The number of hydrogen-bond acceptors (Lipinski definition) is 1. The molecule has 0 aromatic heterocycles. The summed E-state index contributed by atoms with van der Waals surface area (Å²) in [6, 6.07) is 5.99. The fourth-order valence-electron chi connectivity index (χ4n) is 4.84. The van der Waals surface area contributed by atoms with Gasteiger partial charge in [0.1, 0.15) is 5.75 Å². The highest BCUT2D eigenvalue weighted by molar-refractivity contribution is 5.56. The standard InChI is InChI=1S/C19H26O/c1-12-13(2)19(10-17(12,3)4)11-18(5,6)15-8-7-14(20)9-16(15)19/h7-9,20H,10-11H2,1-6H3. The number of fused-ring (bicyclic) bond motifs is 2. The number of benzene rings is 1. The first-order chi connectivity index (χ1) is 9.10. The minimum atomic E-state index is 0.130. The first-order valence-electron chi connectivity index (χ1n) is 7.63. The minimum absolute atomic E-state index is 0.130. The summed E-state index contributed by atoms with van der Waals surface area (Å²) < 4.78 is 0. The van der Waals surface area contributed by atoms with Gasteiger partial charge in [0.05, 0.1) is 0 Å². The summed E-state index contributed by atoms with van der Waals surface area (Å²) in [6.45, 7) is 14.0. The van der Waals surface area contributed by atoms with E-state index < -0.39 is 0 Å². The molecule has 1 atom stereocenters. The molecule has 20 heavy (non-hydrogen) atoms. The number of allylic oxidation sites excluding steroid dienone is 2. The van der Waals surface area contributed by atoms with Crippen molar-refractivity contribution in [3.05, 3.63) is 40.5 Å². The van der Waals surface area contributed by atoms with Crippen LogP contribution in [-0.4, -0.2) is 5.11 Å². The molecule has 1 heteroatoms. The Hall–Kier alpha value is -1.24. The number of hydrogen-bond donors (Lipinski definition) is 1. The molecule has 2 aliphatic rings. The normalized spacial score (nSPS) is 30.1. The summed E-state index contributed by atoms with van der Waals surface area (Å²) in [4.78, 5) is 0. The first kappa shape index (κ1) is 13.7. The van der Waals surface area contributed by atoms with Crippen molar-refractivity contribution >= 4 is 0 Å². The van der Waals surface area contributed by atoms with E-state index in [4.69, 9.17) is 0 Å². The van der Waals surface area contributed by atoms with Crippen LogP contribution >= 0.6 is 0 Å². The summed E-state index contributed by atoms with van der Waals surface area (Å²) in [7, 11) is 0. The van der Waals surface area contributed by atoms with Gasteiger partial charge in [-0.2, -0.15) is 0 Å². The summed E-state index contributed by atoms with van der Waals surface area (Å²) in [5.41, 5.74) is 6.41. The van der Waals surface area contributed by atoms with Gasteiger partial charge in [-0.25, -0.2) is 0 Å². The fraction of sp³-hybridized carbons (Fsp3) is 0.579. The van der Waals surface area contributed by atoms with E-state index >= 15 is 0 Å². The third kappa shape index (κ3) is 1.55. The van der Waals surface area contributed by atoms with E-state index in [2.05, 4.69) is 47.6 Å². The molecule has 1 N–H and O–H groups in total. The minimum Gasteiger partial charge on any atom is -0.508 e. The zero-order valence-electron chi connectivity index (χ0n) is 13.6. The van der Waals surface area contributed by atoms with Crippen LogP contribution in [0.25, 0.3) is 0 Å². The van der Waals surface area contributed by atoms with Gasteiger partial charge in [-0.05, 0) is 60.8 Å². The Morgan fingerprint density at radius 3 is 2.00 bits per heavy atom. The Morgan fingerprint density at radius 1 is 0.850 bits per heavy atom. The Balaban J connectivity index is 2.28. The van der Waals surface area contributed by atoms with Crippen LogP contribution in [0.5, 0.6) is 5.75 Å². The van der Waals surface area contributed by atoms with Crippen molar-refractivity contribution in [2.75, 3.05) is 0 Å². The second-order valence-corrected chi connectivity index (χ2v) is 8.18. The lowest BCUT2D eigenvalue weighted by Gasteiger charge is -2.32. The van der Waals surface area contributed by atoms with Crippen LogP contribution in [0.3, 0.4) is 0 Å². The van der Waals surface area contributed by atoms with Gasteiger partial charge in [-0.1, -0.05) is 44.9 Å². The number of phenolic OH excluding ortho intramolecular Hbond substituents is 1. The van der Waals surface area contributed by atoms with E-state index in [9.17, 15) is 5.11 Å². The number of rotatable bonds is 0. The van der Waals surface area contributed by atoms with Gasteiger partial charge in [-0.15, -0.1) is 0 Å². The van der Waals surface area contributed by atoms with Gasteiger partial charge in [0.25, 0.3) is 0 Å². The summed E-state index contributed by atoms with van der Waals surface area (Å²) in [6.07, 6.45) is 2.32.